The first-order chi connectivity index (χ1) is 7.90. The van der Waals surface area contributed by atoms with Gasteiger partial charge in [-0.1, -0.05) is 13.8 Å². The molecule has 4 nitrogen and oxygen atoms in total. The third kappa shape index (κ3) is 3.42. The molecule has 0 saturated carbocycles. The van der Waals surface area contributed by atoms with Crippen LogP contribution in [0.1, 0.15) is 33.6 Å². The van der Waals surface area contributed by atoms with Gasteiger partial charge in [0.2, 0.25) is 0 Å². The molecule has 2 atom stereocenters. The second-order valence-electron chi connectivity index (χ2n) is 5.42. The van der Waals surface area contributed by atoms with E-state index < -0.39 is 11.5 Å². The summed E-state index contributed by atoms with van der Waals surface area (Å²) in [6.45, 7) is 7.63. The van der Waals surface area contributed by atoms with Crippen LogP contribution in [0.3, 0.4) is 0 Å². The number of carbonyl (C=O) groups excluding carboxylic acids is 1. The number of esters is 1. The van der Waals surface area contributed by atoms with E-state index in [0.29, 0.717) is 19.6 Å². The van der Waals surface area contributed by atoms with E-state index >= 15 is 0 Å². The van der Waals surface area contributed by atoms with E-state index in [9.17, 15) is 9.90 Å². The van der Waals surface area contributed by atoms with Crippen molar-refractivity contribution in [1.82, 2.24) is 4.90 Å². The monoisotopic (exact) mass is 243 g/mol. The summed E-state index contributed by atoms with van der Waals surface area (Å²) in [4.78, 5) is 14.1. The van der Waals surface area contributed by atoms with Crippen molar-refractivity contribution in [1.29, 1.82) is 0 Å². The van der Waals surface area contributed by atoms with Crippen LogP contribution in [-0.4, -0.2) is 48.3 Å². The van der Waals surface area contributed by atoms with Gasteiger partial charge in [-0.2, -0.15) is 0 Å². The highest BCUT2D eigenvalue weighted by molar-refractivity contribution is 5.74. The number of ether oxygens (including phenoxy) is 1. The SMILES string of the molecule is CCOC(=O)C(C(C)C)C1(O)CCCN(C)C1. The molecule has 1 saturated heterocycles. The number of hydrogen-bond acceptors (Lipinski definition) is 4. The Morgan fingerprint density at radius 1 is 1.53 bits per heavy atom. The van der Waals surface area contributed by atoms with Crippen LogP contribution in [0.25, 0.3) is 0 Å². The molecule has 1 N–H and O–H groups in total. The maximum Gasteiger partial charge on any atom is 0.312 e. The molecule has 0 amide bonds. The summed E-state index contributed by atoms with van der Waals surface area (Å²) in [7, 11) is 1.98. The van der Waals surface area contributed by atoms with Crippen molar-refractivity contribution in [3.05, 3.63) is 0 Å². The maximum absolute atomic E-state index is 12.0. The zero-order chi connectivity index (χ0) is 13.1. The van der Waals surface area contributed by atoms with E-state index in [0.717, 1.165) is 13.0 Å². The molecule has 100 valence electrons. The van der Waals surface area contributed by atoms with Gasteiger partial charge in [0.25, 0.3) is 0 Å². The first-order valence-corrected chi connectivity index (χ1v) is 6.48. The third-order valence-electron chi connectivity index (χ3n) is 3.48. The van der Waals surface area contributed by atoms with Crippen LogP contribution >= 0.6 is 0 Å². The number of hydrogen-bond donors (Lipinski definition) is 1. The minimum absolute atomic E-state index is 0.0885. The fourth-order valence-electron chi connectivity index (χ4n) is 2.88. The van der Waals surface area contributed by atoms with E-state index in [1.807, 2.05) is 20.9 Å². The molecule has 0 aliphatic carbocycles. The zero-order valence-electron chi connectivity index (χ0n) is 11.4. The number of β-amino-alcohol motifs (C(OH)–C–C–N with tert-alkyl or cyclic N) is 1. The van der Waals surface area contributed by atoms with Crippen molar-refractivity contribution in [3.8, 4) is 0 Å². The number of nitrogens with zero attached hydrogens (tertiary/aromatic N) is 1. The number of likely N-dealkylation sites (N-methyl/N-ethyl adjacent to an activating group) is 1. The van der Waals surface area contributed by atoms with Crippen molar-refractivity contribution in [2.45, 2.75) is 39.2 Å². The van der Waals surface area contributed by atoms with Crippen LogP contribution < -0.4 is 0 Å². The summed E-state index contributed by atoms with van der Waals surface area (Å²) in [6.07, 6.45) is 1.61. The van der Waals surface area contributed by atoms with Crippen LogP contribution in [0.15, 0.2) is 0 Å². The molecule has 0 spiro atoms. The van der Waals surface area contributed by atoms with Gasteiger partial charge >= 0.3 is 5.97 Å². The smallest absolute Gasteiger partial charge is 0.312 e. The normalized spacial score (nSPS) is 28.1. The van der Waals surface area contributed by atoms with Gasteiger partial charge in [-0.25, -0.2) is 0 Å². The highest BCUT2D eigenvalue weighted by Gasteiger charge is 2.45. The van der Waals surface area contributed by atoms with E-state index in [-0.39, 0.29) is 11.9 Å². The largest absolute Gasteiger partial charge is 0.466 e. The number of rotatable bonds is 4. The summed E-state index contributed by atoms with van der Waals surface area (Å²) >= 11 is 0. The minimum atomic E-state index is -0.937. The highest BCUT2D eigenvalue weighted by atomic mass is 16.5. The van der Waals surface area contributed by atoms with E-state index in [2.05, 4.69) is 4.90 Å². The van der Waals surface area contributed by atoms with Crippen molar-refractivity contribution in [2.24, 2.45) is 11.8 Å². The van der Waals surface area contributed by atoms with Crippen LogP contribution in [0, 0.1) is 11.8 Å². The quantitative estimate of drug-likeness (QED) is 0.756. The Labute approximate surface area is 104 Å². The lowest BCUT2D eigenvalue weighted by Gasteiger charge is -2.43. The Hall–Kier alpha value is -0.610. The van der Waals surface area contributed by atoms with Gasteiger partial charge < -0.3 is 14.7 Å². The highest BCUT2D eigenvalue weighted by Crippen LogP contribution is 2.33. The molecule has 1 heterocycles. The molecule has 0 radical (unpaired) electrons. The Bertz CT molecular complexity index is 267. The van der Waals surface area contributed by atoms with Gasteiger partial charge in [-0.3, -0.25) is 4.79 Å². The first kappa shape index (κ1) is 14.5. The lowest BCUT2D eigenvalue weighted by atomic mass is 9.75. The van der Waals surface area contributed by atoms with Gasteiger partial charge in [0.1, 0.15) is 0 Å². The molecule has 0 aromatic heterocycles. The van der Waals surface area contributed by atoms with E-state index in [4.69, 9.17) is 4.74 Å². The molecular weight excluding hydrogens is 218 g/mol. The predicted octanol–water partition coefficient (Wildman–Crippen LogP) is 1.28. The van der Waals surface area contributed by atoms with Gasteiger partial charge in [-0.15, -0.1) is 0 Å². The molecule has 0 aromatic rings. The van der Waals surface area contributed by atoms with Crippen molar-refractivity contribution < 1.29 is 14.6 Å². The predicted molar refractivity (Wildman–Crippen MR) is 66.6 cm³/mol. The molecule has 0 bridgehead atoms. The van der Waals surface area contributed by atoms with Gasteiger partial charge in [0, 0.05) is 6.54 Å². The number of piperidine rings is 1. The zero-order valence-corrected chi connectivity index (χ0v) is 11.4. The second kappa shape index (κ2) is 5.83. The Morgan fingerprint density at radius 3 is 2.65 bits per heavy atom. The number of likely N-dealkylation sites (tertiary alicyclic amines) is 1. The maximum atomic E-state index is 12.0. The molecular formula is C13H25NO3. The molecule has 17 heavy (non-hydrogen) atoms. The van der Waals surface area contributed by atoms with Crippen LogP contribution in [-0.2, 0) is 9.53 Å². The summed E-state index contributed by atoms with van der Waals surface area (Å²) < 4.78 is 5.10. The van der Waals surface area contributed by atoms with E-state index in [1.165, 1.54) is 0 Å². The molecule has 1 rings (SSSR count). The fourth-order valence-corrected chi connectivity index (χ4v) is 2.88. The molecule has 1 aliphatic rings. The standard InChI is InChI=1S/C13H25NO3/c1-5-17-12(15)11(10(2)3)13(16)7-6-8-14(4)9-13/h10-11,16H,5-9H2,1-4H3. The Morgan fingerprint density at radius 2 is 2.18 bits per heavy atom. The molecule has 4 heteroatoms. The summed E-state index contributed by atoms with van der Waals surface area (Å²) in [5.74, 6) is -0.601. The first-order valence-electron chi connectivity index (χ1n) is 6.48. The fraction of sp³-hybridized carbons (Fsp3) is 0.923. The lowest BCUT2D eigenvalue weighted by Crippen LogP contribution is -2.55. The van der Waals surface area contributed by atoms with Gasteiger partial charge in [0.05, 0.1) is 18.1 Å². The van der Waals surface area contributed by atoms with Crippen molar-refractivity contribution in [2.75, 3.05) is 26.7 Å². The number of aliphatic hydroxyl groups is 1. The van der Waals surface area contributed by atoms with Crippen molar-refractivity contribution >= 4 is 5.97 Å². The van der Waals surface area contributed by atoms with Crippen molar-refractivity contribution in [3.63, 3.8) is 0 Å². The Balaban J connectivity index is 2.84. The Kier molecular flexibility index (Phi) is 4.95. The van der Waals surface area contributed by atoms with Gasteiger partial charge in [0.15, 0.2) is 0 Å². The third-order valence-corrected chi connectivity index (χ3v) is 3.48. The van der Waals surface area contributed by atoms with E-state index in [1.54, 1.807) is 6.92 Å². The second-order valence-corrected chi connectivity index (χ2v) is 5.42. The van der Waals surface area contributed by atoms with Gasteiger partial charge in [-0.05, 0) is 39.3 Å². The topological polar surface area (TPSA) is 49.8 Å². The van der Waals surface area contributed by atoms with Crippen LogP contribution in [0.4, 0.5) is 0 Å². The summed E-state index contributed by atoms with van der Waals surface area (Å²) in [5.41, 5.74) is -0.937. The molecule has 1 aliphatic heterocycles. The van der Waals surface area contributed by atoms with Crippen LogP contribution in [0.5, 0.6) is 0 Å². The summed E-state index contributed by atoms with van der Waals surface area (Å²) in [6, 6.07) is 0. The minimum Gasteiger partial charge on any atom is -0.466 e. The molecule has 2 unspecified atom stereocenters. The summed E-state index contributed by atoms with van der Waals surface area (Å²) in [5, 5.41) is 10.7. The van der Waals surface area contributed by atoms with Crippen LogP contribution in [0.2, 0.25) is 0 Å². The average molecular weight is 243 g/mol. The molecule has 1 fully saturated rings. The lowest BCUT2D eigenvalue weighted by molar-refractivity contribution is -0.166. The number of carbonyl (C=O) groups is 1. The molecule has 0 aromatic carbocycles. The average Bonchev–Trinajstić information content (AvgIpc) is 2.15.